The van der Waals surface area contributed by atoms with Crippen molar-refractivity contribution in [2.45, 2.75) is 51.7 Å². The van der Waals surface area contributed by atoms with E-state index in [2.05, 4.69) is 31.0 Å². The quantitative estimate of drug-likeness (QED) is 0.820. The van der Waals surface area contributed by atoms with Gasteiger partial charge in [-0.1, -0.05) is 0 Å². The molecule has 4 nitrogen and oxygen atoms in total. The lowest BCUT2D eigenvalue weighted by atomic mass is 10.1. The smallest absolute Gasteiger partial charge is 0.239 e. The maximum Gasteiger partial charge on any atom is 0.239 e. The summed E-state index contributed by atoms with van der Waals surface area (Å²) in [7, 11) is 0. The van der Waals surface area contributed by atoms with Crippen LogP contribution in [0.5, 0.6) is 0 Å². The van der Waals surface area contributed by atoms with Gasteiger partial charge in [0.05, 0.1) is 6.04 Å². The zero-order chi connectivity index (χ0) is 12.4. The third-order valence-electron chi connectivity index (χ3n) is 4.25. The average molecular weight is 276 g/mol. The number of rotatable bonds is 2. The standard InChI is InChI=1S/C13H25N3O.ClH/c1-10-4-5-11(2)16(10)12(3)13(17)15-8-6-14-7-9-15;/h10-12,14H,4-9H2,1-3H3;1H. The fourth-order valence-electron chi connectivity index (χ4n) is 3.26. The minimum atomic E-state index is 0. The number of nitrogens with zero attached hydrogens (tertiary/aromatic N) is 2. The fourth-order valence-corrected chi connectivity index (χ4v) is 3.26. The van der Waals surface area contributed by atoms with E-state index in [0.717, 1.165) is 26.2 Å². The van der Waals surface area contributed by atoms with Gasteiger partial charge in [-0.3, -0.25) is 9.69 Å². The normalized spacial score (nSPS) is 30.9. The molecule has 0 aromatic carbocycles. The molecule has 0 radical (unpaired) electrons. The van der Waals surface area contributed by atoms with E-state index in [1.54, 1.807) is 0 Å². The third kappa shape index (κ3) is 3.16. The van der Waals surface area contributed by atoms with Gasteiger partial charge >= 0.3 is 0 Å². The summed E-state index contributed by atoms with van der Waals surface area (Å²) in [6.45, 7) is 10.1. The fraction of sp³-hybridized carbons (Fsp3) is 0.923. The molecule has 1 amide bonds. The van der Waals surface area contributed by atoms with Gasteiger partial charge < -0.3 is 10.2 Å². The van der Waals surface area contributed by atoms with Gasteiger partial charge in [-0.15, -0.1) is 12.4 Å². The Kier molecular flexibility index (Phi) is 5.89. The highest BCUT2D eigenvalue weighted by molar-refractivity contribution is 5.85. The summed E-state index contributed by atoms with van der Waals surface area (Å²) < 4.78 is 0. The van der Waals surface area contributed by atoms with Gasteiger partial charge in [0.25, 0.3) is 0 Å². The second-order valence-corrected chi connectivity index (χ2v) is 5.47. The number of piperazine rings is 1. The summed E-state index contributed by atoms with van der Waals surface area (Å²) in [5.41, 5.74) is 0. The first-order chi connectivity index (χ1) is 8.11. The number of amides is 1. The predicted octanol–water partition coefficient (Wildman–Crippen LogP) is 1.10. The van der Waals surface area contributed by atoms with Crippen LogP contribution in [0.4, 0.5) is 0 Å². The van der Waals surface area contributed by atoms with Crippen molar-refractivity contribution in [3.8, 4) is 0 Å². The van der Waals surface area contributed by atoms with Gasteiger partial charge in [-0.05, 0) is 33.6 Å². The van der Waals surface area contributed by atoms with E-state index in [4.69, 9.17) is 0 Å². The monoisotopic (exact) mass is 275 g/mol. The molecule has 0 aromatic rings. The highest BCUT2D eigenvalue weighted by Crippen LogP contribution is 2.26. The number of nitrogens with one attached hydrogen (secondary N) is 1. The lowest BCUT2D eigenvalue weighted by molar-refractivity contribution is -0.138. The van der Waals surface area contributed by atoms with Crippen LogP contribution >= 0.6 is 12.4 Å². The minimum Gasteiger partial charge on any atom is -0.339 e. The number of carbonyl (C=O) groups excluding carboxylic acids is 1. The second kappa shape index (κ2) is 6.73. The number of hydrogen-bond donors (Lipinski definition) is 1. The maximum atomic E-state index is 12.4. The largest absolute Gasteiger partial charge is 0.339 e. The number of likely N-dealkylation sites (tertiary alicyclic amines) is 1. The molecule has 3 unspecified atom stereocenters. The second-order valence-electron chi connectivity index (χ2n) is 5.47. The summed E-state index contributed by atoms with van der Waals surface area (Å²) in [6, 6.07) is 1.14. The van der Waals surface area contributed by atoms with Crippen LogP contribution in [0.2, 0.25) is 0 Å². The van der Waals surface area contributed by atoms with Crippen molar-refractivity contribution in [3.63, 3.8) is 0 Å². The third-order valence-corrected chi connectivity index (χ3v) is 4.25. The molecule has 0 aromatic heterocycles. The van der Waals surface area contributed by atoms with Gasteiger partial charge in [0, 0.05) is 38.3 Å². The Morgan fingerprint density at radius 1 is 1.17 bits per heavy atom. The lowest BCUT2D eigenvalue weighted by Crippen LogP contribution is -2.54. The van der Waals surface area contributed by atoms with Gasteiger partial charge in [0.1, 0.15) is 0 Å². The first-order valence-corrected chi connectivity index (χ1v) is 6.88. The molecule has 1 N–H and O–H groups in total. The Morgan fingerprint density at radius 3 is 2.17 bits per heavy atom. The Morgan fingerprint density at radius 2 is 1.67 bits per heavy atom. The number of carbonyl (C=O) groups is 1. The van der Waals surface area contributed by atoms with E-state index in [0.29, 0.717) is 18.0 Å². The molecule has 0 bridgehead atoms. The number of halogens is 1. The van der Waals surface area contributed by atoms with Gasteiger partial charge in [-0.2, -0.15) is 0 Å². The summed E-state index contributed by atoms with van der Waals surface area (Å²) in [5.74, 6) is 0.312. The molecule has 5 heteroatoms. The molecule has 0 spiro atoms. The van der Waals surface area contributed by atoms with Crippen LogP contribution in [0.1, 0.15) is 33.6 Å². The molecule has 0 aliphatic carbocycles. The molecular formula is C13H26ClN3O. The molecule has 0 saturated carbocycles. The Balaban J connectivity index is 0.00000162. The minimum absolute atomic E-state index is 0. The molecule has 2 saturated heterocycles. The molecule has 2 aliphatic rings. The van der Waals surface area contributed by atoms with Gasteiger partial charge in [0.2, 0.25) is 5.91 Å². The molecule has 106 valence electrons. The average Bonchev–Trinajstić information content (AvgIpc) is 2.68. The van der Waals surface area contributed by atoms with Crippen molar-refractivity contribution in [2.75, 3.05) is 26.2 Å². The van der Waals surface area contributed by atoms with Crippen LogP contribution in [0, 0.1) is 0 Å². The molecule has 2 fully saturated rings. The molecule has 2 heterocycles. The Bertz CT molecular complexity index is 271. The zero-order valence-corrected chi connectivity index (χ0v) is 12.5. The lowest BCUT2D eigenvalue weighted by Gasteiger charge is -2.36. The van der Waals surface area contributed by atoms with E-state index in [-0.39, 0.29) is 18.4 Å². The van der Waals surface area contributed by atoms with E-state index >= 15 is 0 Å². The van der Waals surface area contributed by atoms with Crippen LogP contribution in [-0.2, 0) is 4.79 Å². The van der Waals surface area contributed by atoms with Crippen LogP contribution in [0.15, 0.2) is 0 Å². The van der Waals surface area contributed by atoms with Crippen LogP contribution in [0.3, 0.4) is 0 Å². The van der Waals surface area contributed by atoms with Crippen molar-refractivity contribution < 1.29 is 4.79 Å². The molecule has 2 rings (SSSR count). The van der Waals surface area contributed by atoms with Crippen molar-refractivity contribution in [1.29, 1.82) is 0 Å². The highest BCUT2D eigenvalue weighted by Gasteiger charge is 2.36. The van der Waals surface area contributed by atoms with E-state index < -0.39 is 0 Å². The molecule has 18 heavy (non-hydrogen) atoms. The summed E-state index contributed by atoms with van der Waals surface area (Å²) in [5, 5.41) is 3.29. The van der Waals surface area contributed by atoms with E-state index in [1.165, 1.54) is 12.8 Å². The zero-order valence-electron chi connectivity index (χ0n) is 11.7. The van der Waals surface area contributed by atoms with Crippen molar-refractivity contribution >= 4 is 18.3 Å². The van der Waals surface area contributed by atoms with Gasteiger partial charge in [0.15, 0.2) is 0 Å². The molecule has 2 aliphatic heterocycles. The van der Waals surface area contributed by atoms with E-state index in [1.807, 2.05) is 4.90 Å². The van der Waals surface area contributed by atoms with Crippen LogP contribution < -0.4 is 5.32 Å². The van der Waals surface area contributed by atoms with Crippen LogP contribution in [0.25, 0.3) is 0 Å². The van der Waals surface area contributed by atoms with Crippen molar-refractivity contribution in [3.05, 3.63) is 0 Å². The summed E-state index contributed by atoms with van der Waals surface area (Å²) in [4.78, 5) is 16.8. The van der Waals surface area contributed by atoms with Gasteiger partial charge in [-0.25, -0.2) is 0 Å². The first-order valence-electron chi connectivity index (χ1n) is 6.88. The Labute approximate surface area is 116 Å². The molecular weight excluding hydrogens is 250 g/mol. The van der Waals surface area contributed by atoms with Crippen molar-refractivity contribution in [2.24, 2.45) is 0 Å². The molecule has 3 atom stereocenters. The number of hydrogen-bond acceptors (Lipinski definition) is 3. The Hall–Kier alpha value is -0.320. The maximum absolute atomic E-state index is 12.4. The van der Waals surface area contributed by atoms with Crippen LogP contribution in [-0.4, -0.2) is 60.0 Å². The SMILES string of the molecule is CC1CCC(C)N1C(C)C(=O)N1CCNCC1.Cl. The first kappa shape index (κ1) is 15.7. The topological polar surface area (TPSA) is 35.6 Å². The predicted molar refractivity (Wildman–Crippen MR) is 76.2 cm³/mol. The summed E-state index contributed by atoms with van der Waals surface area (Å²) in [6.07, 6.45) is 2.45. The summed E-state index contributed by atoms with van der Waals surface area (Å²) >= 11 is 0. The van der Waals surface area contributed by atoms with E-state index in [9.17, 15) is 4.79 Å². The van der Waals surface area contributed by atoms with Crippen molar-refractivity contribution in [1.82, 2.24) is 15.1 Å². The highest BCUT2D eigenvalue weighted by atomic mass is 35.5.